The second-order valence-corrected chi connectivity index (χ2v) is 3.70. The summed E-state index contributed by atoms with van der Waals surface area (Å²) in [5.41, 5.74) is 5.85. The fraction of sp³-hybridized carbons (Fsp3) is 0.100. The van der Waals surface area contributed by atoms with Crippen LogP contribution in [0.3, 0.4) is 0 Å². The predicted octanol–water partition coefficient (Wildman–Crippen LogP) is 2.17. The number of aromatic amines is 1. The monoisotopic (exact) mass is 257 g/mol. The van der Waals surface area contributed by atoms with Crippen molar-refractivity contribution in [3.63, 3.8) is 0 Å². The fourth-order valence-electron chi connectivity index (χ4n) is 1.54. The highest BCUT2D eigenvalue weighted by Crippen LogP contribution is 2.43. The summed E-state index contributed by atoms with van der Waals surface area (Å²) in [4.78, 5) is 0. The second-order valence-electron chi connectivity index (χ2n) is 3.30. The molecule has 0 spiro atoms. The highest BCUT2D eigenvalue weighted by Gasteiger charge is 2.22. The van der Waals surface area contributed by atoms with E-state index in [0.717, 1.165) is 6.07 Å². The van der Waals surface area contributed by atoms with Crippen LogP contribution in [-0.2, 0) is 0 Å². The third kappa shape index (κ3) is 1.76. The van der Waals surface area contributed by atoms with Gasteiger partial charge in [0, 0.05) is 6.07 Å². The lowest BCUT2D eigenvalue weighted by atomic mass is 10.1. The van der Waals surface area contributed by atoms with Gasteiger partial charge in [-0.05, 0) is 0 Å². The van der Waals surface area contributed by atoms with Gasteiger partial charge in [-0.25, -0.2) is 4.39 Å². The van der Waals surface area contributed by atoms with Crippen LogP contribution in [0.2, 0.25) is 5.02 Å². The van der Waals surface area contributed by atoms with Crippen molar-refractivity contribution < 1.29 is 14.2 Å². The second kappa shape index (κ2) is 4.14. The minimum atomic E-state index is -0.727. The summed E-state index contributed by atoms with van der Waals surface area (Å²) in [6.07, 6.45) is 1.33. The van der Waals surface area contributed by atoms with Crippen molar-refractivity contribution in [2.24, 2.45) is 0 Å². The highest BCUT2D eigenvalue weighted by atomic mass is 35.5. The van der Waals surface area contributed by atoms with Crippen LogP contribution in [0.15, 0.2) is 12.3 Å². The molecule has 0 atom stereocenters. The van der Waals surface area contributed by atoms with Crippen molar-refractivity contribution in [2.75, 3.05) is 12.8 Å². The lowest BCUT2D eigenvalue weighted by Crippen LogP contribution is -1.96. The molecule has 7 heteroatoms. The first-order valence-electron chi connectivity index (χ1n) is 4.60. The number of methoxy groups -OCH3 is 1. The number of phenols is 1. The number of nitrogens with zero attached hydrogens (tertiary/aromatic N) is 1. The van der Waals surface area contributed by atoms with E-state index in [-0.39, 0.29) is 33.5 Å². The number of nitrogens with one attached hydrogen (secondary N) is 1. The van der Waals surface area contributed by atoms with Crippen molar-refractivity contribution in [1.29, 1.82) is 0 Å². The Bertz CT molecular complexity index is 571. The summed E-state index contributed by atoms with van der Waals surface area (Å²) in [7, 11) is 1.31. The SMILES string of the molecule is COc1c(O)cc(Cl)c(F)c1-c1cn[nH]c1N. The van der Waals surface area contributed by atoms with Gasteiger partial charge in [0.1, 0.15) is 5.82 Å². The predicted molar refractivity (Wildman–Crippen MR) is 61.6 cm³/mol. The summed E-state index contributed by atoms with van der Waals surface area (Å²) < 4.78 is 18.9. The van der Waals surface area contributed by atoms with E-state index in [2.05, 4.69) is 10.2 Å². The van der Waals surface area contributed by atoms with Crippen molar-refractivity contribution >= 4 is 17.4 Å². The summed E-state index contributed by atoms with van der Waals surface area (Å²) in [5.74, 6) is -0.882. The Morgan fingerprint density at radius 1 is 1.59 bits per heavy atom. The molecule has 2 aromatic rings. The first kappa shape index (κ1) is 11.5. The van der Waals surface area contributed by atoms with E-state index >= 15 is 0 Å². The average molecular weight is 258 g/mol. The summed E-state index contributed by atoms with van der Waals surface area (Å²) >= 11 is 5.66. The Kier molecular flexibility index (Phi) is 2.81. The van der Waals surface area contributed by atoms with Gasteiger partial charge in [-0.1, -0.05) is 11.6 Å². The molecule has 0 aliphatic carbocycles. The first-order valence-corrected chi connectivity index (χ1v) is 4.98. The maximum absolute atomic E-state index is 14.0. The minimum absolute atomic E-state index is 0.0243. The van der Waals surface area contributed by atoms with Crippen molar-refractivity contribution in [3.05, 3.63) is 23.1 Å². The number of hydrogen-bond donors (Lipinski definition) is 3. The molecule has 0 aliphatic heterocycles. The highest BCUT2D eigenvalue weighted by molar-refractivity contribution is 6.31. The van der Waals surface area contributed by atoms with E-state index in [1.165, 1.54) is 13.3 Å². The number of phenolic OH excluding ortho intramolecular Hbond substituents is 1. The fourth-order valence-corrected chi connectivity index (χ4v) is 1.74. The number of H-pyrrole nitrogens is 1. The van der Waals surface area contributed by atoms with Crippen LogP contribution in [0, 0.1) is 5.82 Å². The van der Waals surface area contributed by atoms with Gasteiger partial charge in [-0.3, -0.25) is 5.10 Å². The molecule has 90 valence electrons. The molecule has 5 nitrogen and oxygen atoms in total. The molecule has 0 aliphatic rings. The van der Waals surface area contributed by atoms with E-state index < -0.39 is 5.82 Å². The molecule has 0 saturated carbocycles. The lowest BCUT2D eigenvalue weighted by molar-refractivity contribution is 0.372. The maximum atomic E-state index is 14.0. The Labute approximate surface area is 101 Å². The van der Waals surface area contributed by atoms with E-state index in [1.807, 2.05) is 0 Å². The van der Waals surface area contributed by atoms with Crippen LogP contribution in [-0.4, -0.2) is 22.4 Å². The van der Waals surface area contributed by atoms with Crippen LogP contribution < -0.4 is 10.5 Å². The molecule has 0 radical (unpaired) electrons. The molecule has 0 amide bonds. The number of ether oxygens (including phenoxy) is 1. The molecular weight excluding hydrogens is 249 g/mol. The molecule has 0 bridgehead atoms. The Morgan fingerprint density at radius 3 is 2.82 bits per heavy atom. The molecular formula is C10H9ClFN3O2. The van der Waals surface area contributed by atoms with E-state index in [9.17, 15) is 9.50 Å². The van der Waals surface area contributed by atoms with Gasteiger partial charge in [-0.2, -0.15) is 5.10 Å². The van der Waals surface area contributed by atoms with Crippen LogP contribution in [0.4, 0.5) is 10.2 Å². The molecule has 1 aromatic carbocycles. The van der Waals surface area contributed by atoms with Gasteiger partial charge in [-0.15, -0.1) is 0 Å². The molecule has 0 fully saturated rings. The smallest absolute Gasteiger partial charge is 0.171 e. The largest absolute Gasteiger partial charge is 0.504 e. The van der Waals surface area contributed by atoms with Crippen molar-refractivity contribution in [3.8, 4) is 22.6 Å². The third-order valence-corrected chi connectivity index (χ3v) is 2.57. The number of hydrogen-bond acceptors (Lipinski definition) is 4. The summed E-state index contributed by atoms with van der Waals surface area (Å²) in [6, 6.07) is 1.06. The summed E-state index contributed by atoms with van der Waals surface area (Å²) in [5, 5.41) is 15.6. The van der Waals surface area contributed by atoms with E-state index in [1.54, 1.807) is 0 Å². The molecule has 0 unspecified atom stereocenters. The topological polar surface area (TPSA) is 84.2 Å². The number of rotatable bonds is 2. The number of halogens is 2. The molecule has 2 rings (SSSR count). The number of benzene rings is 1. The van der Waals surface area contributed by atoms with Gasteiger partial charge in [0.2, 0.25) is 0 Å². The first-order chi connectivity index (χ1) is 8.06. The van der Waals surface area contributed by atoms with Crippen LogP contribution in [0.25, 0.3) is 11.1 Å². The molecule has 0 saturated heterocycles. The molecule has 1 heterocycles. The molecule has 17 heavy (non-hydrogen) atoms. The number of nitrogens with two attached hydrogens (primary N) is 1. The van der Waals surface area contributed by atoms with Gasteiger partial charge in [0.15, 0.2) is 17.3 Å². The van der Waals surface area contributed by atoms with Gasteiger partial charge < -0.3 is 15.6 Å². The number of nitrogen functional groups attached to an aromatic ring is 1. The standard InChI is InChI=1S/C10H9ClFN3O2/c1-17-9-6(16)2-5(11)8(12)7(9)4-3-14-15-10(4)13/h2-3,16H,1H3,(H3,13,14,15). The van der Waals surface area contributed by atoms with Gasteiger partial charge in [0.05, 0.1) is 29.5 Å². The average Bonchev–Trinajstić information content (AvgIpc) is 2.69. The third-order valence-electron chi connectivity index (χ3n) is 2.29. The zero-order chi connectivity index (χ0) is 12.6. The van der Waals surface area contributed by atoms with E-state index in [4.69, 9.17) is 22.1 Å². The zero-order valence-electron chi connectivity index (χ0n) is 8.79. The Hall–Kier alpha value is -1.95. The van der Waals surface area contributed by atoms with Crippen LogP contribution in [0.5, 0.6) is 11.5 Å². The number of anilines is 1. The molecule has 1 aromatic heterocycles. The van der Waals surface area contributed by atoms with Gasteiger partial charge >= 0.3 is 0 Å². The van der Waals surface area contributed by atoms with E-state index in [0.29, 0.717) is 0 Å². The normalized spacial score (nSPS) is 10.5. The van der Waals surface area contributed by atoms with Crippen LogP contribution >= 0.6 is 11.6 Å². The summed E-state index contributed by atoms with van der Waals surface area (Å²) in [6.45, 7) is 0. The quantitative estimate of drug-likeness (QED) is 0.770. The Morgan fingerprint density at radius 2 is 2.29 bits per heavy atom. The van der Waals surface area contributed by atoms with Gasteiger partial charge in [0.25, 0.3) is 0 Å². The maximum Gasteiger partial charge on any atom is 0.171 e. The molecule has 4 N–H and O–H groups in total. The lowest BCUT2D eigenvalue weighted by Gasteiger charge is -2.11. The van der Waals surface area contributed by atoms with Crippen molar-refractivity contribution in [2.45, 2.75) is 0 Å². The number of aromatic hydroxyl groups is 1. The van der Waals surface area contributed by atoms with Crippen molar-refractivity contribution in [1.82, 2.24) is 10.2 Å². The minimum Gasteiger partial charge on any atom is -0.504 e. The van der Waals surface area contributed by atoms with Crippen LogP contribution in [0.1, 0.15) is 0 Å². The Balaban J connectivity index is 2.80. The number of aromatic nitrogens is 2. The zero-order valence-corrected chi connectivity index (χ0v) is 9.55.